The first-order valence-corrected chi connectivity index (χ1v) is 33.8. The second kappa shape index (κ2) is 55.5. The molecule has 0 radical (unpaired) electrons. The fourth-order valence-corrected chi connectivity index (χ4v) is 10.2. The molecule has 9 N–H and O–H groups in total. The first-order valence-electron chi connectivity index (χ1n) is 33.8. The molecule has 0 saturated carbocycles. The predicted octanol–water partition coefficient (Wildman–Crippen LogP) is 13.3. The van der Waals surface area contributed by atoms with Crippen LogP contribution in [-0.4, -0.2) is 140 Å². The van der Waals surface area contributed by atoms with Gasteiger partial charge in [-0.25, -0.2) is 0 Å². The van der Waals surface area contributed by atoms with Crippen molar-refractivity contribution in [3.8, 4) is 0 Å². The maximum atomic E-state index is 13.3. The van der Waals surface area contributed by atoms with Crippen molar-refractivity contribution in [2.24, 2.45) is 0 Å². The third-order valence-corrected chi connectivity index (χ3v) is 15.6. The monoisotopic (exact) mass is 1210 g/mol. The zero-order chi connectivity index (χ0) is 62.3. The van der Waals surface area contributed by atoms with Gasteiger partial charge in [-0.1, -0.05) is 245 Å². The van der Waals surface area contributed by atoms with Crippen molar-refractivity contribution >= 4 is 5.91 Å². The molecule has 12 unspecified atom stereocenters. The number of amides is 1. The number of nitrogens with one attached hydrogen (secondary N) is 1. The molecule has 86 heavy (non-hydrogen) atoms. The van der Waals surface area contributed by atoms with Crippen LogP contribution in [0.25, 0.3) is 0 Å². The van der Waals surface area contributed by atoms with Crippen molar-refractivity contribution in [2.45, 2.75) is 306 Å². The first kappa shape index (κ1) is 78.5. The lowest BCUT2D eigenvalue weighted by atomic mass is 9.97. The van der Waals surface area contributed by atoms with Crippen molar-refractivity contribution in [3.63, 3.8) is 0 Å². The summed E-state index contributed by atoms with van der Waals surface area (Å²) in [5.74, 6) is -0.257. The molecule has 0 spiro atoms. The van der Waals surface area contributed by atoms with Crippen LogP contribution in [-0.2, 0) is 23.7 Å². The molecule has 2 aliphatic heterocycles. The van der Waals surface area contributed by atoms with Crippen molar-refractivity contribution in [3.05, 3.63) is 122 Å². The Morgan fingerprint density at radius 1 is 0.430 bits per heavy atom. The average molecular weight is 1210 g/mol. The summed E-state index contributed by atoms with van der Waals surface area (Å²) in [5.41, 5.74) is 0. The van der Waals surface area contributed by atoms with Gasteiger partial charge >= 0.3 is 0 Å². The molecule has 2 rings (SSSR count). The van der Waals surface area contributed by atoms with Crippen LogP contribution < -0.4 is 5.32 Å². The normalized spacial score (nSPS) is 24.2. The highest BCUT2D eigenvalue weighted by Crippen LogP contribution is 2.30. The minimum Gasteiger partial charge on any atom is -0.394 e. The summed E-state index contributed by atoms with van der Waals surface area (Å²) in [6.07, 6.45) is 64.1. The van der Waals surface area contributed by atoms with Crippen molar-refractivity contribution in [1.29, 1.82) is 0 Å². The quantitative estimate of drug-likeness (QED) is 0.0204. The number of unbranched alkanes of at least 4 members (excludes halogenated alkanes) is 22. The van der Waals surface area contributed by atoms with Crippen LogP contribution in [0.4, 0.5) is 0 Å². The Hall–Kier alpha value is -3.61. The van der Waals surface area contributed by atoms with Crippen LogP contribution in [0.3, 0.4) is 0 Å². The summed E-state index contributed by atoms with van der Waals surface area (Å²) in [4.78, 5) is 13.3. The minimum atomic E-state index is -1.80. The van der Waals surface area contributed by atoms with Gasteiger partial charge in [-0.2, -0.15) is 0 Å². The van der Waals surface area contributed by atoms with Gasteiger partial charge < -0.3 is 65.1 Å². The number of ether oxygens (including phenoxy) is 4. The van der Waals surface area contributed by atoms with Crippen LogP contribution in [0.5, 0.6) is 0 Å². The lowest BCUT2D eigenvalue weighted by Gasteiger charge is -2.46. The van der Waals surface area contributed by atoms with E-state index in [1.54, 1.807) is 6.08 Å². The zero-order valence-corrected chi connectivity index (χ0v) is 53.3. The van der Waals surface area contributed by atoms with Gasteiger partial charge in [0.1, 0.15) is 48.8 Å². The van der Waals surface area contributed by atoms with Crippen molar-refractivity contribution in [1.82, 2.24) is 5.32 Å². The highest BCUT2D eigenvalue weighted by Gasteiger charge is 2.51. The van der Waals surface area contributed by atoms with Gasteiger partial charge in [0.2, 0.25) is 5.91 Å². The van der Waals surface area contributed by atoms with E-state index in [0.29, 0.717) is 12.8 Å². The van der Waals surface area contributed by atoms with Crippen LogP contribution in [0.15, 0.2) is 122 Å². The Labute approximate surface area is 520 Å². The molecule has 0 aliphatic carbocycles. The van der Waals surface area contributed by atoms with E-state index in [-0.39, 0.29) is 18.9 Å². The summed E-state index contributed by atoms with van der Waals surface area (Å²) in [6, 6.07) is -0.943. The van der Waals surface area contributed by atoms with Gasteiger partial charge in [0.25, 0.3) is 0 Å². The Bertz CT molecular complexity index is 1910. The number of carbonyl (C=O) groups excluding carboxylic acids is 1. The molecule has 12 atom stereocenters. The smallest absolute Gasteiger partial charge is 0.220 e. The third kappa shape index (κ3) is 39.4. The fraction of sp³-hybridized carbons (Fsp3) is 0.708. The number of aliphatic hydroxyl groups is 8. The van der Waals surface area contributed by atoms with Gasteiger partial charge in [0, 0.05) is 6.42 Å². The van der Waals surface area contributed by atoms with Gasteiger partial charge in [-0.15, -0.1) is 0 Å². The summed E-state index contributed by atoms with van der Waals surface area (Å²) >= 11 is 0. The molecule has 2 aliphatic rings. The second-order valence-corrected chi connectivity index (χ2v) is 23.2. The van der Waals surface area contributed by atoms with Crippen molar-refractivity contribution < 1.29 is 64.6 Å². The fourth-order valence-electron chi connectivity index (χ4n) is 10.2. The molecule has 0 bridgehead atoms. The van der Waals surface area contributed by atoms with E-state index in [1.807, 2.05) is 6.08 Å². The highest BCUT2D eigenvalue weighted by molar-refractivity contribution is 5.76. The number of hydrogen-bond acceptors (Lipinski definition) is 13. The van der Waals surface area contributed by atoms with E-state index >= 15 is 0 Å². The Balaban J connectivity index is 1.59. The Kier molecular flexibility index (Phi) is 50.6. The van der Waals surface area contributed by atoms with E-state index in [1.165, 1.54) is 109 Å². The topological polar surface area (TPSA) is 228 Å². The van der Waals surface area contributed by atoms with Gasteiger partial charge in [0.05, 0.1) is 32.0 Å². The van der Waals surface area contributed by atoms with E-state index in [9.17, 15) is 45.6 Å². The second-order valence-electron chi connectivity index (χ2n) is 23.2. The molecular formula is C72H121NO13. The third-order valence-electron chi connectivity index (χ3n) is 15.6. The van der Waals surface area contributed by atoms with Crippen LogP contribution in [0.1, 0.15) is 232 Å². The number of allylic oxidation sites excluding steroid dienone is 19. The van der Waals surface area contributed by atoms with Crippen LogP contribution >= 0.6 is 0 Å². The van der Waals surface area contributed by atoms with E-state index < -0.39 is 86.8 Å². The Morgan fingerprint density at radius 2 is 0.814 bits per heavy atom. The molecular weight excluding hydrogens is 1090 g/mol. The SMILES string of the molecule is CC/C=C\C/C=C\C/C=C\C/C=C\C/C=C\C/C=C\C/C=C\CCCCCCCCCCCCCCCCCCCC(=O)NC(COC1OC(CO)C(OC2OC(CO)C(O)C(O)C2O)C(O)C1O)C(O)/C=C/CC/C=C/CC/C=C/CCCCC. The number of aliphatic hydroxyl groups excluding tert-OH is 8. The molecule has 14 nitrogen and oxygen atoms in total. The minimum absolute atomic E-state index is 0.257. The predicted molar refractivity (Wildman–Crippen MR) is 350 cm³/mol. The van der Waals surface area contributed by atoms with E-state index in [4.69, 9.17) is 18.9 Å². The Morgan fingerprint density at radius 3 is 1.28 bits per heavy atom. The number of rotatable bonds is 53. The maximum Gasteiger partial charge on any atom is 0.220 e. The summed E-state index contributed by atoms with van der Waals surface area (Å²) < 4.78 is 22.8. The highest BCUT2D eigenvalue weighted by atomic mass is 16.7. The largest absolute Gasteiger partial charge is 0.394 e. The first-order chi connectivity index (χ1) is 42.1. The van der Waals surface area contributed by atoms with Crippen LogP contribution in [0.2, 0.25) is 0 Å². The zero-order valence-electron chi connectivity index (χ0n) is 53.3. The van der Waals surface area contributed by atoms with Crippen molar-refractivity contribution in [2.75, 3.05) is 19.8 Å². The molecule has 1 amide bonds. The average Bonchev–Trinajstić information content (AvgIpc) is 2.76. The maximum absolute atomic E-state index is 13.3. The lowest BCUT2D eigenvalue weighted by molar-refractivity contribution is -0.359. The van der Waals surface area contributed by atoms with E-state index in [0.717, 1.165) is 89.9 Å². The number of hydrogen-bond donors (Lipinski definition) is 9. The number of carbonyl (C=O) groups is 1. The molecule has 0 aromatic rings. The van der Waals surface area contributed by atoms with Gasteiger partial charge in [-0.05, 0) is 103 Å². The molecule has 2 heterocycles. The van der Waals surface area contributed by atoms with E-state index in [2.05, 4.69) is 129 Å². The summed E-state index contributed by atoms with van der Waals surface area (Å²) in [7, 11) is 0. The van der Waals surface area contributed by atoms with Gasteiger partial charge in [0.15, 0.2) is 12.6 Å². The molecule has 492 valence electrons. The lowest BCUT2D eigenvalue weighted by Crippen LogP contribution is -2.65. The molecule has 0 aromatic carbocycles. The summed E-state index contributed by atoms with van der Waals surface area (Å²) in [5, 5.41) is 87.1. The summed E-state index contributed by atoms with van der Waals surface area (Å²) in [6.45, 7) is 2.61. The van der Waals surface area contributed by atoms with Crippen LogP contribution in [0, 0.1) is 0 Å². The molecule has 14 heteroatoms. The molecule has 2 fully saturated rings. The van der Waals surface area contributed by atoms with Gasteiger partial charge in [-0.3, -0.25) is 4.79 Å². The molecule has 2 saturated heterocycles. The standard InChI is InChI=1S/C72H121NO13/c1-3-5-7-9-11-13-15-17-18-19-20-21-22-23-24-25-26-27-28-29-30-31-32-33-34-35-36-37-38-39-40-41-42-44-46-48-50-52-54-56-64(77)73-60(61(76)55-53-51-49-47-45-43-16-14-12-10-8-6-4-2)59-83-71-69(82)67(80)70(63(58-75)85-71)86-72-68(81)66(79)65(78)62(57-74)84-72/h5,7,11-14,17-18,20-21,23-24,26-27,29-30,45,47,53,55,60-63,65-72,74-76,78-82H,3-4,6,8-10,15-16,19,22,25,28,31-44,46,48-52,54,56-59H2,1-2H3,(H,73,77)/b7-5-,13-11-,14-12+,18-17-,21-20-,24-23-,27-26-,30-29-,47-45+,55-53+. The molecule has 0 aromatic heterocycles.